The Morgan fingerprint density at radius 1 is 1.39 bits per heavy atom. The van der Waals surface area contributed by atoms with Crippen molar-refractivity contribution in [3.63, 3.8) is 0 Å². The minimum Gasteiger partial charge on any atom is -0.446 e. The number of hydrogen-bond acceptors (Lipinski definition) is 4. The summed E-state index contributed by atoms with van der Waals surface area (Å²) >= 11 is 0. The van der Waals surface area contributed by atoms with Gasteiger partial charge >= 0.3 is 0 Å². The fourth-order valence-electron chi connectivity index (χ4n) is 1.70. The Kier molecular flexibility index (Phi) is 3.41. The quantitative estimate of drug-likeness (QED) is 0.829. The van der Waals surface area contributed by atoms with Crippen molar-refractivity contribution in [2.75, 3.05) is 7.05 Å². The third kappa shape index (κ3) is 2.56. The molecule has 0 saturated carbocycles. The van der Waals surface area contributed by atoms with Crippen LogP contribution in [0.5, 0.6) is 0 Å². The van der Waals surface area contributed by atoms with Crippen LogP contribution in [-0.2, 0) is 6.54 Å². The molecule has 0 aliphatic heterocycles. The van der Waals surface area contributed by atoms with Crippen LogP contribution in [0.15, 0.2) is 28.8 Å². The molecule has 0 aromatic carbocycles. The topological polar surface area (TPSA) is 59.2 Å². The Morgan fingerprint density at radius 2 is 2.17 bits per heavy atom. The molecule has 18 heavy (non-hydrogen) atoms. The minimum atomic E-state index is -0.129. The smallest absolute Gasteiger partial charge is 0.272 e. The molecule has 0 aliphatic rings. The number of amides is 1. The Balaban J connectivity index is 2.11. The molecule has 0 unspecified atom stereocenters. The first-order chi connectivity index (χ1) is 8.58. The molecule has 2 heterocycles. The predicted octanol–water partition coefficient (Wildman–Crippen LogP) is 1.96. The van der Waals surface area contributed by atoms with Gasteiger partial charge in [0.1, 0.15) is 17.1 Å². The Hall–Kier alpha value is -2.17. The van der Waals surface area contributed by atoms with Crippen LogP contribution in [0.25, 0.3) is 0 Å². The molecule has 0 radical (unpaired) electrons. The van der Waals surface area contributed by atoms with Crippen LogP contribution in [0.3, 0.4) is 0 Å². The lowest BCUT2D eigenvalue weighted by Gasteiger charge is -2.15. The van der Waals surface area contributed by atoms with Crippen molar-refractivity contribution in [2.24, 2.45) is 0 Å². The number of aromatic nitrogens is 2. The zero-order valence-corrected chi connectivity index (χ0v) is 10.7. The number of pyridine rings is 1. The van der Waals surface area contributed by atoms with E-state index in [1.165, 1.54) is 0 Å². The van der Waals surface area contributed by atoms with E-state index in [-0.39, 0.29) is 5.91 Å². The zero-order valence-electron chi connectivity index (χ0n) is 10.7. The van der Waals surface area contributed by atoms with E-state index < -0.39 is 0 Å². The summed E-state index contributed by atoms with van der Waals surface area (Å²) in [6.07, 6.45) is 1.60. The summed E-state index contributed by atoms with van der Waals surface area (Å²) in [5, 5.41) is 0. The van der Waals surface area contributed by atoms with Crippen molar-refractivity contribution in [3.8, 4) is 0 Å². The number of aryl methyl sites for hydroxylation is 2. The molecule has 1 amide bonds. The number of rotatable bonds is 3. The van der Waals surface area contributed by atoms with Crippen LogP contribution in [0.1, 0.15) is 27.8 Å². The van der Waals surface area contributed by atoms with E-state index >= 15 is 0 Å². The molecule has 5 nitrogen and oxygen atoms in total. The van der Waals surface area contributed by atoms with Crippen LogP contribution in [0.2, 0.25) is 0 Å². The molecule has 2 rings (SSSR count). The lowest BCUT2D eigenvalue weighted by atomic mass is 10.3. The second-order valence-corrected chi connectivity index (χ2v) is 4.11. The molecule has 2 aromatic rings. The van der Waals surface area contributed by atoms with Gasteiger partial charge in [-0.05, 0) is 19.1 Å². The van der Waals surface area contributed by atoms with Crippen LogP contribution in [-0.4, -0.2) is 27.8 Å². The summed E-state index contributed by atoms with van der Waals surface area (Å²) in [4.78, 5) is 21.9. The van der Waals surface area contributed by atoms with Gasteiger partial charge in [0.15, 0.2) is 5.89 Å². The van der Waals surface area contributed by atoms with Gasteiger partial charge in [0, 0.05) is 20.2 Å². The van der Waals surface area contributed by atoms with E-state index in [4.69, 9.17) is 4.42 Å². The van der Waals surface area contributed by atoms with Gasteiger partial charge in [0.05, 0.1) is 6.54 Å². The second-order valence-electron chi connectivity index (χ2n) is 4.11. The standard InChI is InChI=1S/C13H15N3O2/c1-9-12(15-10(2)18-9)8-16(3)13(17)11-6-4-5-7-14-11/h4-7H,8H2,1-3H3. The Labute approximate surface area is 105 Å². The predicted molar refractivity (Wildman–Crippen MR) is 66.0 cm³/mol. The van der Waals surface area contributed by atoms with Gasteiger partial charge in [-0.25, -0.2) is 4.98 Å². The zero-order chi connectivity index (χ0) is 13.1. The fourth-order valence-corrected chi connectivity index (χ4v) is 1.70. The number of carbonyl (C=O) groups excluding carboxylic acids is 1. The first-order valence-corrected chi connectivity index (χ1v) is 5.67. The van der Waals surface area contributed by atoms with Crippen LogP contribution in [0, 0.1) is 13.8 Å². The molecule has 0 bridgehead atoms. The maximum atomic E-state index is 12.1. The van der Waals surface area contributed by atoms with Crippen LogP contribution < -0.4 is 0 Å². The highest BCUT2D eigenvalue weighted by Crippen LogP contribution is 2.12. The second kappa shape index (κ2) is 5.00. The first kappa shape index (κ1) is 12.3. The summed E-state index contributed by atoms with van der Waals surface area (Å²) in [5.41, 5.74) is 1.21. The van der Waals surface area contributed by atoms with Gasteiger partial charge in [-0.2, -0.15) is 0 Å². The van der Waals surface area contributed by atoms with Crippen LogP contribution in [0.4, 0.5) is 0 Å². The molecular formula is C13H15N3O2. The third-order valence-corrected chi connectivity index (χ3v) is 2.62. The molecule has 2 aromatic heterocycles. The summed E-state index contributed by atoms with van der Waals surface area (Å²) in [6.45, 7) is 4.05. The average molecular weight is 245 g/mol. The molecule has 5 heteroatoms. The molecule has 0 saturated heterocycles. The average Bonchev–Trinajstić information content (AvgIpc) is 2.68. The molecule has 0 fully saturated rings. The van der Waals surface area contributed by atoms with Crippen molar-refractivity contribution < 1.29 is 9.21 Å². The largest absolute Gasteiger partial charge is 0.446 e. The lowest BCUT2D eigenvalue weighted by Crippen LogP contribution is -2.27. The maximum Gasteiger partial charge on any atom is 0.272 e. The van der Waals surface area contributed by atoms with Crippen LogP contribution >= 0.6 is 0 Å². The van der Waals surface area contributed by atoms with Crippen molar-refractivity contribution in [3.05, 3.63) is 47.4 Å². The van der Waals surface area contributed by atoms with Gasteiger partial charge in [-0.15, -0.1) is 0 Å². The highest BCUT2D eigenvalue weighted by atomic mass is 16.4. The monoisotopic (exact) mass is 245 g/mol. The highest BCUT2D eigenvalue weighted by Gasteiger charge is 2.16. The number of oxazole rings is 1. The normalized spacial score (nSPS) is 10.4. The van der Waals surface area contributed by atoms with Gasteiger partial charge in [0.2, 0.25) is 0 Å². The molecule has 0 N–H and O–H groups in total. The molecule has 94 valence electrons. The van der Waals surface area contributed by atoms with Gasteiger partial charge in [-0.1, -0.05) is 6.07 Å². The molecule has 0 atom stereocenters. The first-order valence-electron chi connectivity index (χ1n) is 5.67. The molecular weight excluding hydrogens is 230 g/mol. The number of hydrogen-bond donors (Lipinski definition) is 0. The Bertz CT molecular complexity index is 549. The van der Waals surface area contributed by atoms with Gasteiger partial charge in [0.25, 0.3) is 5.91 Å². The van der Waals surface area contributed by atoms with Crippen molar-refractivity contribution >= 4 is 5.91 Å². The van der Waals surface area contributed by atoms with Crippen molar-refractivity contribution in [2.45, 2.75) is 20.4 Å². The van der Waals surface area contributed by atoms with E-state index in [0.29, 0.717) is 18.1 Å². The van der Waals surface area contributed by atoms with E-state index in [9.17, 15) is 4.79 Å². The minimum absolute atomic E-state index is 0.129. The number of carbonyl (C=O) groups is 1. The Morgan fingerprint density at radius 3 is 2.72 bits per heavy atom. The van der Waals surface area contributed by atoms with E-state index in [2.05, 4.69) is 9.97 Å². The molecule has 0 aliphatic carbocycles. The van der Waals surface area contributed by atoms with E-state index in [1.807, 2.05) is 6.92 Å². The lowest BCUT2D eigenvalue weighted by molar-refractivity contribution is 0.0777. The molecule has 0 spiro atoms. The SMILES string of the molecule is Cc1nc(CN(C)C(=O)c2ccccn2)c(C)o1. The highest BCUT2D eigenvalue weighted by molar-refractivity contribution is 5.91. The third-order valence-electron chi connectivity index (χ3n) is 2.62. The van der Waals surface area contributed by atoms with Gasteiger partial charge in [-0.3, -0.25) is 9.78 Å². The summed E-state index contributed by atoms with van der Waals surface area (Å²) in [5.74, 6) is 1.23. The van der Waals surface area contributed by atoms with Crippen molar-refractivity contribution in [1.29, 1.82) is 0 Å². The van der Waals surface area contributed by atoms with E-state index in [1.54, 1.807) is 43.3 Å². The summed E-state index contributed by atoms with van der Waals surface area (Å²) in [6, 6.07) is 5.27. The summed E-state index contributed by atoms with van der Waals surface area (Å²) < 4.78 is 5.34. The van der Waals surface area contributed by atoms with Gasteiger partial charge < -0.3 is 9.32 Å². The maximum absolute atomic E-state index is 12.1. The van der Waals surface area contributed by atoms with Crippen molar-refractivity contribution in [1.82, 2.24) is 14.9 Å². The van der Waals surface area contributed by atoms with E-state index in [0.717, 1.165) is 11.5 Å². The summed E-state index contributed by atoms with van der Waals surface area (Å²) in [7, 11) is 1.72. The fraction of sp³-hybridized carbons (Fsp3) is 0.308. The number of nitrogens with zero attached hydrogens (tertiary/aromatic N) is 3.